The molecule has 2 rings (SSSR count). The van der Waals surface area contributed by atoms with Gasteiger partial charge in [0.05, 0.1) is 29.8 Å². The first kappa shape index (κ1) is 20.6. The molecule has 0 unspecified atom stereocenters. The molecule has 2 N–H and O–H groups in total. The number of ether oxygens (including phenoxy) is 2. The van der Waals surface area contributed by atoms with Crippen LogP contribution in [0, 0.1) is 10.1 Å². The molecule has 1 aromatic rings. The molecule has 0 bridgehead atoms. The van der Waals surface area contributed by atoms with Gasteiger partial charge in [0.15, 0.2) is 5.11 Å². The van der Waals surface area contributed by atoms with Crippen molar-refractivity contribution in [2.24, 2.45) is 0 Å². The Morgan fingerprint density at radius 2 is 2.04 bits per heavy atom. The SMILES string of the molecule is CCCC1=C(C(=O)OCC)[C@@H](c2cc([N+](=O)[O-])ccc2OCC)NC(=S)N1. The number of carbonyl (C=O) groups excluding carboxylic acids is 1. The van der Waals surface area contributed by atoms with E-state index < -0.39 is 16.9 Å². The number of nitrogens with one attached hydrogen (secondary N) is 2. The number of non-ortho nitro benzene ring substituents is 1. The second-order valence-corrected chi connectivity index (χ2v) is 6.21. The first-order chi connectivity index (χ1) is 12.9. The van der Waals surface area contributed by atoms with Gasteiger partial charge >= 0.3 is 5.97 Å². The Balaban J connectivity index is 2.65. The molecule has 0 fully saturated rings. The fraction of sp³-hybridized carbons (Fsp3) is 0.444. The molecule has 1 atom stereocenters. The molecule has 1 aromatic carbocycles. The highest BCUT2D eigenvalue weighted by Crippen LogP contribution is 2.36. The summed E-state index contributed by atoms with van der Waals surface area (Å²) in [5.74, 6) is -0.0506. The maximum Gasteiger partial charge on any atom is 0.338 e. The number of nitro groups is 1. The van der Waals surface area contributed by atoms with E-state index in [4.69, 9.17) is 21.7 Å². The monoisotopic (exact) mass is 393 g/mol. The Hall–Kier alpha value is -2.68. The summed E-state index contributed by atoms with van der Waals surface area (Å²) < 4.78 is 10.9. The second kappa shape index (κ2) is 9.31. The molecule has 8 nitrogen and oxygen atoms in total. The number of hydrogen-bond donors (Lipinski definition) is 2. The van der Waals surface area contributed by atoms with Crippen LogP contribution in [-0.4, -0.2) is 29.2 Å². The Morgan fingerprint density at radius 1 is 1.30 bits per heavy atom. The van der Waals surface area contributed by atoms with Crippen LogP contribution in [0.2, 0.25) is 0 Å². The summed E-state index contributed by atoms with van der Waals surface area (Å²) in [6.45, 7) is 6.11. The first-order valence-corrected chi connectivity index (χ1v) is 9.22. The van der Waals surface area contributed by atoms with Gasteiger partial charge in [0.2, 0.25) is 0 Å². The van der Waals surface area contributed by atoms with Crippen molar-refractivity contribution >= 4 is 29.0 Å². The van der Waals surface area contributed by atoms with Crippen LogP contribution in [0.3, 0.4) is 0 Å². The molecule has 9 heteroatoms. The third-order valence-corrected chi connectivity index (χ3v) is 4.18. The van der Waals surface area contributed by atoms with Crippen LogP contribution >= 0.6 is 12.2 Å². The molecule has 0 aliphatic carbocycles. The third kappa shape index (κ3) is 4.73. The van der Waals surface area contributed by atoms with E-state index in [-0.39, 0.29) is 12.3 Å². The number of hydrogen-bond acceptors (Lipinski definition) is 6. The largest absolute Gasteiger partial charge is 0.493 e. The number of nitrogens with zero attached hydrogens (tertiary/aromatic N) is 1. The summed E-state index contributed by atoms with van der Waals surface area (Å²) in [5.41, 5.74) is 1.37. The molecule has 27 heavy (non-hydrogen) atoms. The van der Waals surface area contributed by atoms with Gasteiger partial charge in [0, 0.05) is 23.4 Å². The molecule has 0 saturated carbocycles. The summed E-state index contributed by atoms with van der Waals surface area (Å²) in [6, 6.07) is 3.60. The van der Waals surface area contributed by atoms with Crippen LogP contribution in [0.25, 0.3) is 0 Å². The number of allylic oxidation sites excluding steroid dienone is 1. The van der Waals surface area contributed by atoms with Gasteiger partial charge in [-0.2, -0.15) is 0 Å². The van der Waals surface area contributed by atoms with E-state index in [0.717, 1.165) is 6.42 Å². The zero-order valence-electron chi connectivity index (χ0n) is 15.5. The second-order valence-electron chi connectivity index (χ2n) is 5.81. The zero-order valence-corrected chi connectivity index (χ0v) is 16.4. The highest BCUT2D eigenvalue weighted by molar-refractivity contribution is 7.80. The van der Waals surface area contributed by atoms with E-state index in [2.05, 4.69) is 10.6 Å². The molecule has 0 amide bonds. The molecule has 1 aliphatic heterocycles. The van der Waals surface area contributed by atoms with Gasteiger partial charge in [-0.1, -0.05) is 13.3 Å². The van der Waals surface area contributed by atoms with E-state index >= 15 is 0 Å². The maximum absolute atomic E-state index is 12.7. The number of esters is 1. The van der Waals surface area contributed by atoms with Crippen molar-refractivity contribution in [1.82, 2.24) is 10.6 Å². The number of thiocarbonyl (C=S) groups is 1. The van der Waals surface area contributed by atoms with Crippen molar-refractivity contribution in [3.8, 4) is 5.75 Å². The van der Waals surface area contributed by atoms with Gasteiger partial charge in [-0.15, -0.1) is 0 Å². The molecule has 1 aliphatic rings. The van der Waals surface area contributed by atoms with E-state index in [1.54, 1.807) is 6.92 Å². The van der Waals surface area contributed by atoms with Crippen LogP contribution < -0.4 is 15.4 Å². The molecule has 0 aromatic heterocycles. The van der Waals surface area contributed by atoms with Gasteiger partial charge in [-0.25, -0.2) is 4.79 Å². The maximum atomic E-state index is 12.7. The predicted octanol–water partition coefficient (Wildman–Crippen LogP) is 3.13. The van der Waals surface area contributed by atoms with Crippen LogP contribution in [0.15, 0.2) is 29.5 Å². The van der Waals surface area contributed by atoms with E-state index in [1.165, 1.54) is 18.2 Å². The number of benzene rings is 1. The van der Waals surface area contributed by atoms with Crippen LogP contribution in [-0.2, 0) is 9.53 Å². The molecule has 1 heterocycles. The van der Waals surface area contributed by atoms with E-state index in [9.17, 15) is 14.9 Å². The normalized spacial score (nSPS) is 16.4. The number of rotatable bonds is 8. The Bertz CT molecular complexity index is 778. The van der Waals surface area contributed by atoms with Crippen LogP contribution in [0.1, 0.15) is 45.2 Å². The molecule has 0 spiro atoms. The first-order valence-electron chi connectivity index (χ1n) is 8.81. The number of nitro benzene ring substituents is 1. The zero-order chi connectivity index (χ0) is 20.0. The van der Waals surface area contributed by atoms with Crippen molar-refractivity contribution in [3.05, 3.63) is 45.1 Å². The minimum absolute atomic E-state index is 0.0973. The van der Waals surface area contributed by atoms with Crippen molar-refractivity contribution < 1.29 is 19.2 Å². The highest BCUT2D eigenvalue weighted by Gasteiger charge is 2.34. The quantitative estimate of drug-likeness (QED) is 0.301. The minimum atomic E-state index is -0.708. The van der Waals surface area contributed by atoms with Gasteiger partial charge in [0.25, 0.3) is 5.69 Å². The summed E-state index contributed by atoms with van der Waals surface area (Å²) in [4.78, 5) is 23.5. The fourth-order valence-electron chi connectivity index (χ4n) is 2.91. The highest BCUT2D eigenvalue weighted by atomic mass is 32.1. The molecule has 146 valence electrons. The predicted molar refractivity (Wildman–Crippen MR) is 104 cm³/mol. The third-order valence-electron chi connectivity index (χ3n) is 3.96. The summed E-state index contributed by atoms with van der Waals surface area (Å²) in [7, 11) is 0. The fourth-order valence-corrected chi connectivity index (χ4v) is 3.15. The Morgan fingerprint density at radius 3 is 2.63 bits per heavy atom. The smallest absolute Gasteiger partial charge is 0.338 e. The Kier molecular flexibility index (Phi) is 7.12. The van der Waals surface area contributed by atoms with Gasteiger partial charge in [-0.05, 0) is 38.6 Å². The lowest BCUT2D eigenvalue weighted by Crippen LogP contribution is -2.46. The van der Waals surface area contributed by atoms with E-state index in [1.807, 2.05) is 13.8 Å². The summed E-state index contributed by atoms with van der Waals surface area (Å²) in [5, 5.41) is 17.6. The van der Waals surface area contributed by atoms with Gasteiger partial charge < -0.3 is 20.1 Å². The average molecular weight is 393 g/mol. The van der Waals surface area contributed by atoms with Gasteiger partial charge in [0.1, 0.15) is 5.75 Å². The summed E-state index contributed by atoms with van der Waals surface area (Å²) in [6.07, 6.45) is 1.37. The lowest BCUT2D eigenvalue weighted by Gasteiger charge is -2.31. The number of carbonyl (C=O) groups is 1. The lowest BCUT2D eigenvalue weighted by molar-refractivity contribution is -0.385. The molecular formula is C18H23N3O5S. The standard InChI is InChI=1S/C18H23N3O5S/c1-4-7-13-15(17(22)26-6-3)16(20-18(27)19-13)12-10-11(21(23)24)8-9-14(12)25-5-2/h8-10,16H,4-7H2,1-3H3,(H2,19,20,27)/t16-/m1/s1. The average Bonchev–Trinajstić information content (AvgIpc) is 2.62. The minimum Gasteiger partial charge on any atom is -0.493 e. The van der Waals surface area contributed by atoms with Crippen molar-refractivity contribution in [2.75, 3.05) is 13.2 Å². The van der Waals surface area contributed by atoms with Crippen molar-refractivity contribution in [3.63, 3.8) is 0 Å². The lowest BCUT2D eigenvalue weighted by atomic mass is 9.93. The van der Waals surface area contributed by atoms with Crippen molar-refractivity contribution in [2.45, 2.75) is 39.7 Å². The van der Waals surface area contributed by atoms with Gasteiger partial charge in [-0.3, -0.25) is 10.1 Å². The topological polar surface area (TPSA) is 103 Å². The van der Waals surface area contributed by atoms with Crippen LogP contribution in [0.4, 0.5) is 5.69 Å². The Labute approximate surface area is 163 Å². The molecular weight excluding hydrogens is 370 g/mol. The van der Waals surface area contributed by atoms with Crippen LogP contribution in [0.5, 0.6) is 5.75 Å². The van der Waals surface area contributed by atoms with E-state index in [0.29, 0.717) is 40.7 Å². The summed E-state index contributed by atoms with van der Waals surface area (Å²) >= 11 is 5.29. The molecule has 0 saturated heterocycles. The van der Waals surface area contributed by atoms with Crippen molar-refractivity contribution in [1.29, 1.82) is 0 Å². The molecule has 0 radical (unpaired) electrons.